The summed E-state index contributed by atoms with van der Waals surface area (Å²) in [5.74, 6) is -1.74. The van der Waals surface area contributed by atoms with Gasteiger partial charge >= 0.3 is 0 Å². The zero-order valence-corrected chi connectivity index (χ0v) is 19.0. The molecule has 2 bridgehead atoms. The fourth-order valence-electron chi connectivity index (χ4n) is 5.70. The smallest absolute Gasteiger partial charge is 0.217 e. The van der Waals surface area contributed by atoms with Crippen LogP contribution in [0.3, 0.4) is 0 Å². The van der Waals surface area contributed by atoms with Gasteiger partial charge in [0.25, 0.3) is 0 Å². The van der Waals surface area contributed by atoms with Gasteiger partial charge in [-0.3, -0.25) is 5.41 Å². The van der Waals surface area contributed by atoms with E-state index in [9.17, 15) is 15.8 Å². The first kappa shape index (κ1) is 21.7. The van der Waals surface area contributed by atoms with E-state index in [1.807, 2.05) is 30.5 Å². The van der Waals surface area contributed by atoms with Crippen LogP contribution in [0.15, 0.2) is 29.2 Å². The number of nitrogens with one attached hydrogen (secondary N) is 1. The summed E-state index contributed by atoms with van der Waals surface area (Å²) in [6.07, 6.45) is 2.92. The summed E-state index contributed by atoms with van der Waals surface area (Å²) in [6.45, 7) is 6.47. The van der Waals surface area contributed by atoms with Crippen LogP contribution >= 0.6 is 11.8 Å². The minimum atomic E-state index is -1.88. The fraction of sp³-hybridized carbons (Fsp3) is 0.583. The highest BCUT2D eigenvalue weighted by atomic mass is 32.2. The van der Waals surface area contributed by atoms with E-state index >= 15 is 0 Å². The molecule has 5 atom stereocenters. The molecule has 4 rings (SSSR count). The predicted octanol–water partition coefficient (Wildman–Crippen LogP) is 5.19. The molecule has 3 fully saturated rings. The zero-order valence-electron chi connectivity index (χ0n) is 18.2. The Kier molecular flexibility index (Phi) is 4.89. The second kappa shape index (κ2) is 6.99. The number of benzene rings is 1. The van der Waals surface area contributed by atoms with Gasteiger partial charge in [-0.2, -0.15) is 15.8 Å². The normalized spacial score (nSPS) is 35.8. The Morgan fingerprint density at radius 3 is 2.26 bits per heavy atom. The van der Waals surface area contributed by atoms with Crippen LogP contribution in [0.2, 0.25) is 0 Å². The van der Waals surface area contributed by atoms with Crippen LogP contribution in [-0.2, 0) is 9.47 Å². The quantitative estimate of drug-likeness (QED) is 0.641. The molecule has 2 saturated heterocycles. The van der Waals surface area contributed by atoms with Crippen molar-refractivity contribution in [3.8, 4) is 18.2 Å². The Bertz CT molecular complexity index is 1030. The number of nitriles is 3. The van der Waals surface area contributed by atoms with Crippen molar-refractivity contribution < 1.29 is 9.47 Å². The SMILES string of the molecule is CSc1ccc(C2OC34CCC(C(C)(C)C)CC3C(C#N)(C(=N)O4)C2(C#N)C#N)cc1. The lowest BCUT2D eigenvalue weighted by Crippen LogP contribution is -2.61. The maximum Gasteiger partial charge on any atom is 0.217 e. The maximum absolute atomic E-state index is 10.5. The number of hydrogen-bond donors (Lipinski definition) is 1. The molecule has 2 heterocycles. The molecular formula is C24H26N4O2S. The Labute approximate surface area is 187 Å². The van der Waals surface area contributed by atoms with Gasteiger partial charge in [0.15, 0.2) is 5.41 Å². The molecule has 31 heavy (non-hydrogen) atoms. The third kappa shape index (κ3) is 2.68. The van der Waals surface area contributed by atoms with Crippen LogP contribution < -0.4 is 0 Å². The summed E-state index contributed by atoms with van der Waals surface area (Å²) in [5, 5.41) is 39.9. The van der Waals surface area contributed by atoms with E-state index in [2.05, 4.69) is 39.0 Å². The highest BCUT2D eigenvalue weighted by molar-refractivity contribution is 7.98. The summed E-state index contributed by atoms with van der Waals surface area (Å²) in [6, 6.07) is 14.1. The Balaban J connectivity index is 1.91. The summed E-state index contributed by atoms with van der Waals surface area (Å²) < 4.78 is 12.5. The second-order valence-electron chi connectivity index (χ2n) is 9.86. The van der Waals surface area contributed by atoms with Gasteiger partial charge in [-0.1, -0.05) is 32.9 Å². The van der Waals surface area contributed by atoms with Crippen molar-refractivity contribution >= 4 is 17.7 Å². The van der Waals surface area contributed by atoms with Gasteiger partial charge in [-0.05, 0) is 48.1 Å². The van der Waals surface area contributed by atoms with Crippen LogP contribution in [0.5, 0.6) is 0 Å². The summed E-state index contributed by atoms with van der Waals surface area (Å²) in [7, 11) is 0. The molecule has 160 valence electrons. The number of rotatable bonds is 2. The fourth-order valence-corrected chi connectivity index (χ4v) is 6.11. The van der Waals surface area contributed by atoms with E-state index in [1.165, 1.54) is 0 Å². The Morgan fingerprint density at radius 2 is 1.74 bits per heavy atom. The van der Waals surface area contributed by atoms with Gasteiger partial charge in [0, 0.05) is 11.3 Å². The average molecular weight is 435 g/mol. The van der Waals surface area contributed by atoms with Gasteiger partial charge in [-0.15, -0.1) is 11.8 Å². The molecule has 2 aliphatic heterocycles. The van der Waals surface area contributed by atoms with Gasteiger partial charge in [-0.25, -0.2) is 0 Å². The van der Waals surface area contributed by atoms with E-state index in [1.54, 1.807) is 11.8 Å². The van der Waals surface area contributed by atoms with E-state index in [0.717, 1.165) is 11.3 Å². The highest BCUT2D eigenvalue weighted by Gasteiger charge is 2.81. The summed E-state index contributed by atoms with van der Waals surface area (Å²) in [4.78, 5) is 1.04. The molecule has 5 unspecified atom stereocenters. The van der Waals surface area contributed by atoms with Crippen LogP contribution in [0.1, 0.15) is 51.7 Å². The molecule has 1 aromatic carbocycles. The third-order valence-electron chi connectivity index (χ3n) is 7.55. The van der Waals surface area contributed by atoms with Crippen molar-refractivity contribution in [2.45, 2.75) is 56.8 Å². The minimum absolute atomic E-state index is 0.00761. The lowest BCUT2D eigenvalue weighted by molar-refractivity contribution is -0.301. The van der Waals surface area contributed by atoms with Crippen molar-refractivity contribution in [2.75, 3.05) is 6.26 Å². The molecule has 6 nitrogen and oxygen atoms in total. The molecular weight excluding hydrogens is 408 g/mol. The van der Waals surface area contributed by atoms with Crippen LogP contribution in [0, 0.1) is 67.5 Å². The molecule has 0 amide bonds. The van der Waals surface area contributed by atoms with Gasteiger partial charge in [0.05, 0.1) is 24.1 Å². The third-order valence-corrected chi connectivity index (χ3v) is 8.30. The molecule has 1 saturated carbocycles. The zero-order chi connectivity index (χ0) is 22.7. The van der Waals surface area contributed by atoms with Crippen LogP contribution in [-0.4, -0.2) is 17.9 Å². The van der Waals surface area contributed by atoms with Crippen molar-refractivity contribution in [3.63, 3.8) is 0 Å². The van der Waals surface area contributed by atoms with Crippen molar-refractivity contribution in [1.29, 1.82) is 21.2 Å². The number of thioether (sulfide) groups is 1. The van der Waals surface area contributed by atoms with Crippen molar-refractivity contribution in [3.05, 3.63) is 29.8 Å². The Hall–Kier alpha value is -2.53. The average Bonchev–Trinajstić information content (AvgIpc) is 2.96. The maximum atomic E-state index is 10.5. The predicted molar refractivity (Wildman–Crippen MR) is 116 cm³/mol. The van der Waals surface area contributed by atoms with E-state index < -0.39 is 28.6 Å². The lowest BCUT2D eigenvalue weighted by Gasteiger charge is -2.54. The van der Waals surface area contributed by atoms with Gasteiger partial charge in [0.1, 0.15) is 6.10 Å². The highest BCUT2D eigenvalue weighted by Crippen LogP contribution is 2.70. The number of nitrogens with zero attached hydrogens (tertiary/aromatic N) is 3. The molecule has 0 spiro atoms. The largest absolute Gasteiger partial charge is 0.447 e. The minimum Gasteiger partial charge on any atom is -0.447 e. The molecule has 3 aliphatic rings. The van der Waals surface area contributed by atoms with Crippen molar-refractivity contribution in [2.24, 2.45) is 28.1 Å². The molecule has 0 aromatic heterocycles. The molecule has 7 heteroatoms. The lowest BCUT2D eigenvalue weighted by atomic mass is 9.49. The Morgan fingerprint density at radius 1 is 1.10 bits per heavy atom. The van der Waals surface area contributed by atoms with E-state index in [-0.39, 0.29) is 17.2 Å². The molecule has 1 aliphatic carbocycles. The monoisotopic (exact) mass is 434 g/mol. The molecule has 1 aromatic rings. The van der Waals surface area contributed by atoms with Gasteiger partial charge in [0.2, 0.25) is 17.1 Å². The van der Waals surface area contributed by atoms with Crippen molar-refractivity contribution in [1.82, 2.24) is 0 Å². The van der Waals surface area contributed by atoms with Crippen LogP contribution in [0.4, 0.5) is 0 Å². The number of hydrogen-bond acceptors (Lipinski definition) is 7. The summed E-state index contributed by atoms with van der Waals surface area (Å²) >= 11 is 1.59. The van der Waals surface area contributed by atoms with E-state index in [0.29, 0.717) is 18.4 Å². The standard InChI is InChI=1S/C24H26N4O2S/c1-21(2,3)16-9-10-24-18(11-16)23(14-27,20(28)30-24)22(12-25,13-26)19(29-24)15-5-7-17(31-4)8-6-15/h5-8,16,18-19,28H,9-11H2,1-4H3. The topological polar surface area (TPSA) is 114 Å². The second-order valence-corrected chi connectivity index (χ2v) is 10.7. The first-order chi connectivity index (χ1) is 14.6. The first-order valence-electron chi connectivity index (χ1n) is 10.5. The van der Waals surface area contributed by atoms with Gasteiger partial charge < -0.3 is 9.47 Å². The molecule has 1 N–H and O–H groups in total. The van der Waals surface area contributed by atoms with Crippen LogP contribution in [0.25, 0.3) is 0 Å². The number of ether oxygens (including phenoxy) is 2. The first-order valence-corrected chi connectivity index (χ1v) is 11.7. The summed E-state index contributed by atoms with van der Waals surface area (Å²) in [5.41, 5.74) is -2.92. The van der Waals surface area contributed by atoms with E-state index in [4.69, 9.17) is 14.9 Å². The molecule has 0 radical (unpaired) electrons.